The monoisotopic (exact) mass is 252 g/mol. The van der Waals surface area contributed by atoms with E-state index in [2.05, 4.69) is 34.4 Å². The van der Waals surface area contributed by atoms with E-state index in [9.17, 15) is 0 Å². The minimum absolute atomic E-state index is 0.305. The van der Waals surface area contributed by atoms with Gasteiger partial charge in [-0.2, -0.15) is 0 Å². The van der Waals surface area contributed by atoms with Crippen LogP contribution < -0.4 is 10.6 Å². The number of ether oxygens (including phenoxy) is 1. The van der Waals surface area contributed by atoms with Gasteiger partial charge in [-0.25, -0.2) is 4.98 Å². The third-order valence-corrected chi connectivity index (χ3v) is 3.38. The zero-order chi connectivity index (χ0) is 12.8. The zero-order valence-electron chi connectivity index (χ0n) is 11.3. The molecular formula is C13H24N4O. The molecule has 1 aliphatic heterocycles. The average molecular weight is 252 g/mol. The molecule has 3 unspecified atom stereocenters. The second-order valence-corrected chi connectivity index (χ2v) is 4.96. The van der Waals surface area contributed by atoms with Gasteiger partial charge in [-0.1, -0.05) is 6.92 Å². The van der Waals surface area contributed by atoms with Gasteiger partial charge in [0.15, 0.2) is 0 Å². The number of hydrogen-bond acceptors (Lipinski definition) is 4. The molecule has 0 saturated carbocycles. The lowest BCUT2D eigenvalue weighted by Gasteiger charge is -2.28. The van der Waals surface area contributed by atoms with Crippen molar-refractivity contribution in [2.75, 3.05) is 19.8 Å². The predicted octanol–water partition coefficient (Wildman–Crippen LogP) is 1.22. The average Bonchev–Trinajstić information content (AvgIpc) is 2.91. The van der Waals surface area contributed by atoms with Crippen LogP contribution in [0.5, 0.6) is 0 Å². The van der Waals surface area contributed by atoms with Crippen LogP contribution in [0.2, 0.25) is 0 Å². The molecule has 3 N–H and O–H groups in total. The first kappa shape index (κ1) is 13.5. The van der Waals surface area contributed by atoms with Crippen LogP contribution in [0.4, 0.5) is 0 Å². The van der Waals surface area contributed by atoms with Gasteiger partial charge in [0.05, 0.1) is 19.3 Å². The SMILES string of the molecule is CCC(NC(C)CC1COCCN1)c1ncc[nH]1. The van der Waals surface area contributed by atoms with Gasteiger partial charge in [-0.3, -0.25) is 0 Å². The van der Waals surface area contributed by atoms with Gasteiger partial charge in [0.1, 0.15) is 5.82 Å². The molecule has 3 atom stereocenters. The van der Waals surface area contributed by atoms with E-state index in [1.807, 2.05) is 6.20 Å². The third kappa shape index (κ3) is 3.80. The molecule has 1 aromatic heterocycles. The van der Waals surface area contributed by atoms with E-state index in [1.54, 1.807) is 6.20 Å². The summed E-state index contributed by atoms with van der Waals surface area (Å²) in [5.74, 6) is 1.03. The number of nitrogens with zero attached hydrogens (tertiary/aromatic N) is 1. The highest BCUT2D eigenvalue weighted by molar-refractivity contribution is 4.96. The summed E-state index contributed by atoms with van der Waals surface area (Å²) in [6.07, 6.45) is 5.80. The van der Waals surface area contributed by atoms with Crippen LogP contribution >= 0.6 is 0 Å². The number of hydrogen-bond donors (Lipinski definition) is 3. The van der Waals surface area contributed by atoms with Crippen LogP contribution in [-0.2, 0) is 4.74 Å². The highest BCUT2D eigenvalue weighted by Crippen LogP contribution is 2.14. The Hall–Kier alpha value is -0.910. The molecule has 2 rings (SSSR count). The van der Waals surface area contributed by atoms with Crippen molar-refractivity contribution in [3.63, 3.8) is 0 Å². The first-order valence-electron chi connectivity index (χ1n) is 6.86. The van der Waals surface area contributed by atoms with Gasteiger partial charge < -0.3 is 20.4 Å². The maximum atomic E-state index is 5.48. The second-order valence-electron chi connectivity index (χ2n) is 4.96. The van der Waals surface area contributed by atoms with Crippen molar-refractivity contribution < 1.29 is 4.74 Å². The summed E-state index contributed by atoms with van der Waals surface area (Å²) in [6, 6.07) is 1.22. The number of aromatic amines is 1. The number of nitrogens with one attached hydrogen (secondary N) is 3. The number of H-pyrrole nitrogens is 1. The van der Waals surface area contributed by atoms with Gasteiger partial charge in [0.2, 0.25) is 0 Å². The van der Waals surface area contributed by atoms with Crippen LogP contribution in [-0.4, -0.2) is 41.8 Å². The Balaban J connectivity index is 1.79. The van der Waals surface area contributed by atoms with Gasteiger partial charge in [0.25, 0.3) is 0 Å². The molecule has 1 saturated heterocycles. The van der Waals surface area contributed by atoms with E-state index in [-0.39, 0.29) is 0 Å². The topological polar surface area (TPSA) is 62.0 Å². The first-order valence-corrected chi connectivity index (χ1v) is 6.86. The fourth-order valence-electron chi connectivity index (χ4n) is 2.47. The van der Waals surface area contributed by atoms with E-state index in [0.29, 0.717) is 18.1 Å². The lowest BCUT2D eigenvalue weighted by molar-refractivity contribution is 0.0707. The molecule has 0 radical (unpaired) electrons. The van der Waals surface area contributed by atoms with Gasteiger partial charge >= 0.3 is 0 Å². The normalized spacial score (nSPS) is 23.8. The Morgan fingerprint density at radius 3 is 3.11 bits per heavy atom. The minimum atomic E-state index is 0.305. The van der Waals surface area contributed by atoms with Crippen LogP contribution in [0, 0.1) is 0 Å². The molecule has 1 fully saturated rings. The van der Waals surface area contributed by atoms with Gasteiger partial charge in [-0.05, 0) is 19.8 Å². The van der Waals surface area contributed by atoms with Crippen LogP contribution in [0.25, 0.3) is 0 Å². The summed E-state index contributed by atoms with van der Waals surface area (Å²) in [5, 5.41) is 7.11. The van der Waals surface area contributed by atoms with Crippen molar-refractivity contribution in [3.8, 4) is 0 Å². The standard InChI is InChI=1S/C13H24N4O/c1-3-12(13-15-4-5-16-13)17-10(2)8-11-9-18-7-6-14-11/h4-5,10-12,14,17H,3,6-9H2,1-2H3,(H,15,16). The van der Waals surface area contributed by atoms with Gasteiger partial charge in [0, 0.05) is 31.0 Å². The summed E-state index contributed by atoms with van der Waals surface area (Å²) in [6.45, 7) is 7.02. The van der Waals surface area contributed by atoms with Crippen molar-refractivity contribution in [2.45, 2.75) is 44.8 Å². The predicted molar refractivity (Wildman–Crippen MR) is 71.4 cm³/mol. The molecule has 5 heteroatoms. The highest BCUT2D eigenvalue weighted by Gasteiger charge is 2.19. The molecule has 1 aliphatic rings. The second kappa shape index (κ2) is 6.87. The number of imidazole rings is 1. The first-order chi connectivity index (χ1) is 8.79. The Morgan fingerprint density at radius 1 is 1.61 bits per heavy atom. The van der Waals surface area contributed by atoms with E-state index >= 15 is 0 Å². The lowest BCUT2D eigenvalue weighted by Crippen LogP contribution is -2.45. The van der Waals surface area contributed by atoms with Crippen LogP contribution in [0.15, 0.2) is 12.4 Å². The minimum Gasteiger partial charge on any atom is -0.379 e. The number of morpholine rings is 1. The van der Waals surface area contributed by atoms with E-state index < -0.39 is 0 Å². The van der Waals surface area contributed by atoms with E-state index in [4.69, 9.17) is 4.74 Å². The van der Waals surface area contributed by atoms with Crippen molar-refractivity contribution in [3.05, 3.63) is 18.2 Å². The van der Waals surface area contributed by atoms with Crippen molar-refractivity contribution in [2.24, 2.45) is 0 Å². The summed E-state index contributed by atoms with van der Waals surface area (Å²) >= 11 is 0. The molecule has 2 heterocycles. The summed E-state index contributed by atoms with van der Waals surface area (Å²) < 4.78 is 5.48. The Bertz CT molecular complexity index is 322. The Labute approximate surface area is 109 Å². The summed E-state index contributed by atoms with van der Waals surface area (Å²) in [5.41, 5.74) is 0. The molecule has 1 aromatic rings. The van der Waals surface area contributed by atoms with Crippen LogP contribution in [0.3, 0.4) is 0 Å². The van der Waals surface area contributed by atoms with Crippen LogP contribution in [0.1, 0.15) is 38.6 Å². The largest absolute Gasteiger partial charge is 0.379 e. The molecule has 0 aliphatic carbocycles. The number of aromatic nitrogens is 2. The summed E-state index contributed by atoms with van der Waals surface area (Å²) in [4.78, 5) is 7.51. The fraction of sp³-hybridized carbons (Fsp3) is 0.769. The van der Waals surface area contributed by atoms with Gasteiger partial charge in [-0.15, -0.1) is 0 Å². The Morgan fingerprint density at radius 2 is 2.50 bits per heavy atom. The van der Waals surface area contributed by atoms with E-state index in [1.165, 1.54) is 0 Å². The number of rotatable bonds is 6. The quantitative estimate of drug-likeness (QED) is 0.712. The molecule has 0 spiro atoms. The van der Waals surface area contributed by atoms with E-state index in [0.717, 1.165) is 38.4 Å². The Kier molecular flexibility index (Phi) is 5.16. The molecule has 18 heavy (non-hydrogen) atoms. The molecule has 102 valence electrons. The van der Waals surface area contributed by atoms with Crippen molar-refractivity contribution in [1.82, 2.24) is 20.6 Å². The zero-order valence-corrected chi connectivity index (χ0v) is 11.3. The van der Waals surface area contributed by atoms with Crippen molar-refractivity contribution >= 4 is 0 Å². The highest BCUT2D eigenvalue weighted by atomic mass is 16.5. The molecular weight excluding hydrogens is 228 g/mol. The molecule has 0 amide bonds. The molecule has 5 nitrogen and oxygen atoms in total. The van der Waals surface area contributed by atoms with Crippen molar-refractivity contribution in [1.29, 1.82) is 0 Å². The lowest BCUT2D eigenvalue weighted by atomic mass is 10.1. The fourth-order valence-corrected chi connectivity index (χ4v) is 2.47. The summed E-state index contributed by atoms with van der Waals surface area (Å²) in [7, 11) is 0. The maximum Gasteiger partial charge on any atom is 0.123 e. The molecule has 0 bridgehead atoms. The molecule has 0 aromatic carbocycles. The smallest absolute Gasteiger partial charge is 0.123 e. The maximum absolute atomic E-state index is 5.48. The third-order valence-electron chi connectivity index (χ3n) is 3.38.